The average Bonchev–Trinajstić information content (AvgIpc) is 3.60. The molecule has 4 nitrogen and oxygen atoms in total. The third-order valence-corrected chi connectivity index (χ3v) is 5.82. The quantitative estimate of drug-likeness (QED) is 0.651. The van der Waals surface area contributed by atoms with Gasteiger partial charge < -0.3 is 18.9 Å². The van der Waals surface area contributed by atoms with Crippen LogP contribution < -0.4 is 14.2 Å². The van der Waals surface area contributed by atoms with E-state index in [4.69, 9.17) is 18.9 Å². The number of fused-ring (bicyclic) bond motifs is 3. The van der Waals surface area contributed by atoms with E-state index in [2.05, 4.69) is 24.3 Å². The molecule has 27 heavy (non-hydrogen) atoms. The minimum atomic E-state index is 0.285. The van der Waals surface area contributed by atoms with Gasteiger partial charge in [0.25, 0.3) is 0 Å². The molecule has 1 aliphatic heterocycles. The zero-order valence-corrected chi connectivity index (χ0v) is 16.0. The highest BCUT2D eigenvalue weighted by Crippen LogP contribution is 2.52. The van der Waals surface area contributed by atoms with E-state index in [-0.39, 0.29) is 6.10 Å². The van der Waals surface area contributed by atoms with Crippen LogP contribution >= 0.6 is 0 Å². The smallest absolute Gasteiger partial charge is 0.204 e. The molecule has 0 N–H and O–H groups in total. The van der Waals surface area contributed by atoms with Crippen molar-refractivity contribution in [2.24, 2.45) is 5.92 Å². The van der Waals surface area contributed by atoms with Crippen molar-refractivity contribution in [1.29, 1.82) is 0 Å². The molecule has 3 aliphatic rings. The molecule has 1 heterocycles. The van der Waals surface area contributed by atoms with E-state index in [1.807, 2.05) is 13.0 Å². The SMILES string of the molecule is CCOc1c(-c2cccc3c2CCC2OC32)ccc(OC)c1OCC1CC1. The molecule has 0 aromatic heterocycles. The lowest BCUT2D eigenvalue weighted by Gasteiger charge is -2.22. The first-order valence-electron chi connectivity index (χ1n) is 10.0. The van der Waals surface area contributed by atoms with E-state index in [9.17, 15) is 0 Å². The van der Waals surface area contributed by atoms with E-state index in [1.165, 1.54) is 29.5 Å². The van der Waals surface area contributed by atoms with Crippen LogP contribution in [0.25, 0.3) is 11.1 Å². The van der Waals surface area contributed by atoms with E-state index < -0.39 is 0 Å². The van der Waals surface area contributed by atoms with Crippen LogP contribution in [0.5, 0.6) is 17.2 Å². The Morgan fingerprint density at radius 1 is 1.00 bits per heavy atom. The van der Waals surface area contributed by atoms with Crippen molar-refractivity contribution in [2.75, 3.05) is 20.3 Å². The van der Waals surface area contributed by atoms with Crippen molar-refractivity contribution in [3.63, 3.8) is 0 Å². The van der Waals surface area contributed by atoms with Crippen LogP contribution in [0.15, 0.2) is 30.3 Å². The second-order valence-electron chi connectivity index (χ2n) is 7.67. The fourth-order valence-corrected chi connectivity index (χ4v) is 4.15. The van der Waals surface area contributed by atoms with Crippen LogP contribution in [-0.2, 0) is 11.2 Å². The van der Waals surface area contributed by atoms with E-state index in [0.717, 1.165) is 42.3 Å². The maximum atomic E-state index is 6.20. The van der Waals surface area contributed by atoms with E-state index >= 15 is 0 Å². The summed E-state index contributed by atoms with van der Waals surface area (Å²) >= 11 is 0. The molecule has 2 aromatic rings. The van der Waals surface area contributed by atoms with Gasteiger partial charge in [0.1, 0.15) is 6.10 Å². The Kier molecular flexibility index (Phi) is 4.24. The molecular formula is C23H26O4. The van der Waals surface area contributed by atoms with Crippen LogP contribution in [0.4, 0.5) is 0 Å². The van der Waals surface area contributed by atoms with Gasteiger partial charge in [-0.1, -0.05) is 18.2 Å². The molecule has 0 radical (unpaired) electrons. The predicted octanol–water partition coefficient (Wildman–Crippen LogP) is 4.94. The monoisotopic (exact) mass is 366 g/mol. The summed E-state index contributed by atoms with van der Waals surface area (Å²) < 4.78 is 23.7. The number of benzene rings is 2. The van der Waals surface area contributed by atoms with Crippen LogP contribution in [0.1, 0.15) is 43.4 Å². The van der Waals surface area contributed by atoms with Gasteiger partial charge in [0.2, 0.25) is 5.75 Å². The van der Waals surface area contributed by atoms with Gasteiger partial charge in [-0.05, 0) is 67.3 Å². The van der Waals surface area contributed by atoms with Gasteiger partial charge in [-0.2, -0.15) is 0 Å². The van der Waals surface area contributed by atoms with Crippen LogP contribution in [0.2, 0.25) is 0 Å². The van der Waals surface area contributed by atoms with Crippen molar-refractivity contribution in [3.8, 4) is 28.4 Å². The summed E-state index contributed by atoms with van der Waals surface area (Å²) in [7, 11) is 1.68. The van der Waals surface area contributed by atoms with Gasteiger partial charge in [0.05, 0.1) is 26.4 Å². The van der Waals surface area contributed by atoms with Gasteiger partial charge in [-0.3, -0.25) is 0 Å². The van der Waals surface area contributed by atoms with Gasteiger partial charge in [0, 0.05) is 5.56 Å². The molecule has 142 valence electrons. The minimum Gasteiger partial charge on any atom is -0.493 e. The van der Waals surface area contributed by atoms with Crippen LogP contribution in [0.3, 0.4) is 0 Å². The lowest BCUT2D eigenvalue weighted by atomic mass is 9.85. The first-order valence-corrected chi connectivity index (χ1v) is 10.0. The molecule has 4 heteroatoms. The number of epoxide rings is 1. The summed E-state index contributed by atoms with van der Waals surface area (Å²) in [5.41, 5.74) is 5.03. The molecular weight excluding hydrogens is 340 g/mol. The summed E-state index contributed by atoms with van der Waals surface area (Å²) in [4.78, 5) is 0. The van der Waals surface area contributed by atoms with Crippen molar-refractivity contribution in [3.05, 3.63) is 41.5 Å². The maximum absolute atomic E-state index is 6.20. The van der Waals surface area contributed by atoms with Crippen LogP contribution in [-0.4, -0.2) is 26.4 Å². The lowest BCUT2D eigenvalue weighted by molar-refractivity contribution is 0.253. The second kappa shape index (κ2) is 6.75. The summed E-state index contributed by atoms with van der Waals surface area (Å²) in [5.74, 6) is 2.93. The number of rotatable bonds is 7. The second-order valence-corrected chi connectivity index (χ2v) is 7.67. The Bertz CT molecular complexity index is 856. The van der Waals surface area contributed by atoms with Gasteiger partial charge in [0.15, 0.2) is 11.5 Å². The zero-order valence-electron chi connectivity index (χ0n) is 16.0. The minimum absolute atomic E-state index is 0.285. The van der Waals surface area contributed by atoms with Crippen molar-refractivity contribution in [1.82, 2.24) is 0 Å². The molecule has 2 fully saturated rings. The number of methoxy groups -OCH3 is 1. The Morgan fingerprint density at radius 2 is 1.89 bits per heavy atom. The normalized spacial score (nSPS) is 22.6. The maximum Gasteiger partial charge on any atom is 0.204 e. The molecule has 5 rings (SSSR count). The van der Waals surface area contributed by atoms with Crippen LogP contribution in [0, 0.1) is 5.92 Å². The summed E-state index contributed by atoms with van der Waals surface area (Å²) in [6, 6.07) is 10.6. The molecule has 2 aliphatic carbocycles. The molecule has 1 saturated heterocycles. The molecule has 0 bridgehead atoms. The average molecular weight is 366 g/mol. The zero-order chi connectivity index (χ0) is 18.4. The van der Waals surface area contributed by atoms with Crippen molar-refractivity contribution >= 4 is 0 Å². The van der Waals surface area contributed by atoms with E-state index in [0.29, 0.717) is 18.6 Å². The molecule has 2 atom stereocenters. The summed E-state index contributed by atoms with van der Waals surface area (Å²) in [6.07, 6.45) is 5.35. The number of ether oxygens (including phenoxy) is 4. The van der Waals surface area contributed by atoms with E-state index in [1.54, 1.807) is 7.11 Å². The van der Waals surface area contributed by atoms with Crippen molar-refractivity contribution < 1.29 is 18.9 Å². The predicted molar refractivity (Wildman–Crippen MR) is 104 cm³/mol. The summed E-state index contributed by atoms with van der Waals surface area (Å²) in [5, 5.41) is 0. The van der Waals surface area contributed by atoms with Gasteiger partial charge in [-0.15, -0.1) is 0 Å². The summed E-state index contributed by atoms with van der Waals surface area (Å²) in [6.45, 7) is 3.32. The molecule has 0 amide bonds. The third kappa shape index (κ3) is 3.06. The lowest BCUT2D eigenvalue weighted by Crippen LogP contribution is -2.08. The highest BCUT2D eigenvalue weighted by Gasteiger charge is 2.44. The van der Waals surface area contributed by atoms with Crippen molar-refractivity contribution in [2.45, 2.75) is 44.8 Å². The fraction of sp³-hybridized carbons (Fsp3) is 0.478. The molecule has 1 saturated carbocycles. The number of hydrogen-bond acceptors (Lipinski definition) is 4. The standard InChI is InChI=1S/C23H26O4/c1-3-25-22-18(10-11-19(24-2)23(22)26-13-14-7-8-14)15-5-4-6-17-16(15)9-12-20-21(17)27-20/h4-6,10-11,14,20-21H,3,7-9,12-13H2,1-2H3. The highest BCUT2D eigenvalue weighted by molar-refractivity contribution is 5.79. The molecule has 0 spiro atoms. The first-order chi connectivity index (χ1) is 13.3. The van der Waals surface area contributed by atoms with Gasteiger partial charge >= 0.3 is 0 Å². The Labute approximate surface area is 160 Å². The topological polar surface area (TPSA) is 40.2 Å². The molecule has 2 unspecified atom stereocenters. The number of hydrogen-bond donors (Lipinski definition) is 0. The Balaban J connectivity index is 1.61. The fourth-order valence-electron chi connectivity index (χ4n) is 4.15. The third-order valence-electron chi connectivity index (χ3n) is 5.82. The molecule has 2 aromatic carbocycles. The Morgan fingerprint density at radius 3 is 2.67 bits per heavy atom. The first kappa shape index (κ1) is 16.9. The largest absolute Gasteiger partial charge is 0.493 e. The van der Waals surface area contributed by atoms with Gasteiger partial charge in [-0.25, -0.2) is 0 Å². The Hall–Kier alpha value is -2.20. The highest BCUT2D eigenvalue weighted by atomic mass is 16.6.